The lowest BCUT2D eigenvalue weighted by Gasteiger charge is -2.10. The Kier molecular flexibility index (Phi) is 6.28. The number of nitrogens with one attached hydrogen (secondary N) is 2. The van der Waals surface area contributed by atoms with Gasteiger partial charge in [-0.3, -0.25) is 9.78 Å². The zero-order valence-electron chi connectivity index (χ0n) is 15.2. The minimum absolute atomic E-state index is 0.0408. The quantitative estimate of drug-likeness (QED) is 0.784. The van der Waals surface area contributed by atoms with E-state index in [-0.39, 0.29) is 17.7 Å². The summed E-state index contributed by atoms with van der Waals surface area (Å²) in [4.78, 5) is 28.3. The van der Waals surface area contributed by atoms with E-state index in [9.17, 15) is 9.59 Å². The van der Waals surface area contributed by atoms with Crippen LogP contribution in [0.3, 0.4) is 0 Å². The summed E-state index contributed by atoms with van der Waals surface area (Å²) in [5, 5.41) is 5.59. The SMILES string of the molecule is Cc1cnc(CCNC(=O)Nc2ccc(C(=O)C(C)C)cc2)c(C)c1. The molecule has 5 heteroatoms. The van der Waals surface area contributed by atoms with Crippen molar-refractivity contribution in [1.29, 1.82) is 0 Å². The van der Waals surface area contributed by atoms with Gasteiger partial charge in [-0.05, 0) is 49.2 Å². The van der Waals surface area contributed by atoms with Crippen LogP contribution in [-0.2, 0) is 6.42 Å². The summed E-state index contributed by atoms with van der Waals surface area (Å²) in [6, 6.07) is 8.76. The highest BCUT2D eigenvalue weighted by Crippen LogP contribution is 2.13. The van der Waals surface area contributed by atoms with Gasteiger partial charge in [0, 0.05) is 42.0 Å². The Morgan fingerprint density at radius 2 is 1.80 bits per heavy atom. The minimum atomic E-state index is -0.271. The lowest BCUT2D eigenvalue weighted by atomic mass is 10.0. The molecule has 2 amide bonds. The molecule has 2 rings (SSSR count). The third-order valence-electron chi connectivity index (χ3n) is 3.92. The monoisotopic (exact) mass is 339 g/mol. The number of nitrogens with zero attached hydrogens (tertiary/aromatic N) is 1. The first-order chi connectivity index (χ1) is 11.9. The molecule has 1 aromatic carbocycles. The molecule has 0 radical (unpaired) electrons. The number of amides is 2. The summed E-state index contributed by atoms with van der Waals surface area (Å²) in [6.07, 6.45) is 2.52. The molecule has 2 aromatic rings. The van der Waals surface area contributed by atoms with Crippen molar-refractivity contribution in [3.05, 3.63) is 58.9 Å². The highest BCUT2D eigenvalue weighted by Gasteiger charge is 2.10. The average Bonchev–Trinajstić information content (AvgIpc) is 2.57. The van der Waals surface area contributed by atoms with E-state index in [2.05, 4.69) is 21.7 Å². The third-order valence-corrected chi connectivity index (χ3v) is 3.92. The molecule has 0 aliphatic rings. The van der Waals surface area contributed by atoms with Gasteiger partial charge in [0.2, 0.25) is 0 Å². The molecule has 0 aliphatic heterocycles. The van der Waals surface area contributed by atoms with Gasteiger partial charge >= 0.3 is 6.03 Å². The third kappa shape index (κ3) is 5.41. The number of ketones is 1. The number of Topliss-reactive ketones (excluding diaryl/α,β-unsaturated/α-hetero) is 1. The van der Waals surface area contributed by atoms with Crippen LogP contribution in [-0.4, -0.2) is 23.3 Å². The number of aryl methyl sites for hydroxylation is 2. The lowest BCUT2D eigenvalue weighted by molar-refractivity contribution is 0.0939. The molecular weight excluding hydrogens is 314 g/mol. The molecule has 132 valence electrons. The Bertz CT molecular complexity index is 752. The van der Waals surface area contributed by atoms with Crippen LogP contribution in [0.15, 0.2) is 36.5 Å². The van der Waals surface area contributed by atoms with Gasteiger partial charge in [-0.1, -0.05) is 19.9 Å². The van der Waals surface area contributed by atoms with Crippen molar-refractivity contribution in [2.24, 2.45) is 5.92 Å². The van der Waals surface area contributed by atoms with E-state index in [0.717, 1.165) is 16.8 Å². The van der Waals surface area contributed by atoms with Crippen molar-refractivity contribution in [2.45, 2.75) is 34.1 Å². The van der Waals surface area contributed by atoms with Crippen molar-refractivity contribution in [3.8, 4) is 0 Å². The largest absolute Gasteiger partial charge is 0.337 e. The van der Waals surface area contributed by atoms with Gasteiger partial charge in [-0.15, -0.1) is 0 Å². The van der Waals surface area contributed by atoms with Crippen LogP contribution in [0.1, 0.15) is 41.0 Å². The number of hydrogen-bond donors (Lipinski definition) is 2. The molecule has 0 unspecified atom stereocenters. The molecule has 0 atom stereocenters. The highest BCUT2D eigenvalue weighted by atomic mass is 16.2. The molecule has 25 heavy (non-hydrogen) atoms. The summed E-state index contributed by atoms with van der Waals surface area (Å²) in [6.45, 7) is 8.27. The first-order valence-electron chi connectivity index (χ1n) is 8.48. The number of anilines is 1. The normalized spacial score (nSPS) is 10.6. The number of hydrogen-bond acceptors (Lipinski definition) is 3. The molecule has 1 heterocycles. The Morgan fingerprint density at radius 1 is 1.12 bits per heavy atom. The van der Waals surface area contributed by atoms with E-state index >= 15 is 0 Å². The maximum atomic E-state index is 12.0. The molecule has 2 N–H and O–H groups in total. The first-order valence-corrected chi connectivity index (χ1v) is 8.48. The van der Waals surface area contributed by atoms with Crippen molar-refractivity contribution >= 4 is 17.5 Å². The molecule has 0 fully saturated rings. The molecule has 0 saturated heterocycles. The van der Waals surface area contributed by atoms with Gasteiger partial charge in [0.05, 0.1) is 0 Å². The summed E-state index contributed by atoms with van der Waals surface area (Å²) in [5.74, 6) is 0.0536. The second kappa shape index (κ2) is 8.42. The smallest absolute Gasteiger partial charge is 0.319 e. The fourth-order valence-corrected chi connectivity index (χ4v) is 2.53. The molecule has 0 bridgehead atoms. The summed E-state index contributed by atoms with van der Waals surface area (Å²) in [5.41, 5.74) is 4.56. The van der Waals surface area contributed by atoms with E-state index in [0.29, 0.717) is 24.2 Å². The van der Waals surface area contributed by atoms with Gasteiger partial charge in [0.15, 0.2) is 5.78 Å². The van der Waals surface area contributed by atoms with E-state index < -0.39 is 0 Å². The molecule has 0 saturated carbocycles. The predicted molar refractivity (Wildman–Crippen MR) is 100 cm³/mol. The fraction of sp³-hybridized carbons (Fsp3) is 0.350. The van der Waals surface area contributed by atoms with E-state index in [4.69, 9.17) is 0 Å². The van der Waals surface area contributed by atoms with Crippen LogP contribution in [0, 0.1) is 19.8 Å². The van der Waals surface area contributed by atoms with Crippen LogP contribution in [0.4, 0.5) is 10.5 Å². The Balaban J connectivity index is 1.83. The number of rotatable bonds is 6. The summed E-state index contributed by atoms with van der Waals surface area (Å²) >= 11 is 0. The van der Waals surface area contributed by atoms with Crippen LogP contribution in [0.2, 0.25) is 0 Å². The minimum Gasteiger partial charge on any atom is -0.337 e. The molecule has 5 nitrogen and oxygen atoms in total. The number of aromatic nitrogens is 1. The number of carbonyl (C=O) groups excluding carboxylic acids is 2. The van der Waals surface area contributed by atoms with E-state index in [1.807, 2.05) is 33.9 Å². The zero-order valence-corrected chi connectivity index (χ0v) is 15.2. The summed E-state index contributed by atoms with van der Waals surface area (Å²) in [7, 11) is 0. The summed E-state index contributed by atoms with van der Waals surface area (Å²) < 4.78 is 0. The van der Waals surface area contributed by atoms with Gasteiger partial charge in [-0.25, -0.2) is 4.79 Å². The van der Waals surface area contributed by atoms with E-state index in [1.165, 1.54) is 0 Å². The van der Waals surface area contributed by atoms with Crippen LogP contribution >= 0.6 is 0 Å². The van der Waals surface area contributed by atoms with Crippen molar-refractivity contribution in [1.82, 2.24) is 10.3 Å². The molecular formula is C20H25N3O2. The van der Waals surface area contributed by atoms with Crippen molar-refractivity contribution in [3.63, 3.8) is 0 Å². The second-order valence-electron chi connectivity index (χ2n) is 6.50. The molecule has 0 aliphatic carbocycles. The van der Waals surface area contributed by atoms with Gasteiger partial charge in [0.1, 0.15) is 0 Å². The molecule has 1 aromatic heterocycles. The standard InChI is InChI=1S/C20H25N3O2/c1-13(2)19(24)16-5-7-17(8-6-16)23-20(25)21-10-9-18-15(4)11-14(3)12-22-18/h5-8,11-13H,9-10H2,1-4H3,(H2,21,23,25). The van der Waals surface area contributed by atoms with Crippen molar-refractivity contribution in [2.75, 3.05) is 11.9 Å². The predicted octanol–water partition coefficient (Wildman–Crippen LogP) is 3.90. The number of urea groups is 1. The van der Waals surface area contributed by atoms with Crippen LogP contribution < -0.4 is 10.6 Å². The maximum Gasteiger partial charge on any atom is 0.319 e. The fourth-order valence-electron chi connectivity index (χ4n) is 2.53. The second-order valence-corrected chi connectivity index (χ2v) is 6.50. The first kappa shape index (κ1) is 18.6. The Morgan fingerprint density at radius 3 is 2.40 bits per heavy atom. The number of pyridine rings is 1. The Labute approximate surface area is 148 Å². The average molecular weight is 339 g/mol. The number of carbonyl (C=O) groups is 2. The maximum absolute atomic E-state index is 12.0. The van der Waals surface area contributed by atoms with Crippen LogP contribution in [0.25, 0.3) is 0 Å². The van der Waals surface area contributed by atoms with Gasteiger partial charge in [-0.2, -0.15) is 0 Å². The zero-order chi connectivity index (χ0) is 18.4. The molecule has 0 spiro atoms. The van der Waals surface area contributed by atoms with Crippen LogP contribution in [0.5, 0.6) is 0 Å². The van der Waals surface area contributed by atoms with Crippen molar-refractivity contribution < 1.29 is 9.59 Å². The highest BCUT2D eigenvalue weighted by molar-refractivity contribution is 5.98. The van der Waals surface area contributed by atoms with E-state index in [1.54, 1.807) is 24.3 Å². The lowest BCUT2D eigenvalue weighted by Crippen LogP contribution is -2.30. The van der Waals surface area contributed by atoms with Gasteiger partial charge < -0.3 is 10.6 Å². The number of benzene rings is 1. The van der Waals surface area contributed by atoms with Gasteiger partial charge in [0.25, 0.3) is 0 Å². The topological polar surface area (TPSA) is 71.1 Å². The Hall–Kier alpha value is -2.69.